The minimum absolute atomic E-state index is 0.0445. The van der Waals surface area contributed by atoms with Gasteiger partial charge in [-0.1, -0.05) is 102 Å². The molecule has 0 aliphatic heterocycles. The van der Waals surface area contributed by atoms with Crippen molar-refractivity contribution in [3.8, 4) is 16.9 Å². The molecule has 0 bridgehead atoms. The molecule has 0 saturated carbocycles. The third-order valence-corrected chi connectivity index (χ3v) is 9.65. The van der Waals surface area contributed by atoms with Crippen LogP contribution in [0.5, 0.6) is 5.75 Å². The number of hydrogen-bond donors (Lipinski definition) is 3. The fourth-order valence-corrected chi connectivity index (χ4v) is 6.50. The van der Waals surface area contributed by atoms with Gasteiger partial charge in [0.1, 0.15) is 23.4 Å². The molecule has 5 aromatic carbocycles. The lowest BCUT2D eigenvalue weighted by Gasteiger charge is -2.33. The number of carbonyl (C=O) groups excluding carboxylic acids is 1. The molecule has 3 N–H and O–H groups in total. The van der Waals surface area contributed by atoms with E-state index in [1.807, 2.05) is 12.1 Å². The molecule has 0 spiro atoms. The normalized spacial score (nSPS) is 13.1. The predicted molar refractivity (Wildman–Crippen MR) is 192 cm³/mol. The molecule has 0 fully saturated rings. The number of ether oxygens (including phenoxy) is 2. The molecule has 14 heteroatoms. The topological polar surface area (TPSA) is 161 Å². The van der Waals surface area contributed by atoms with E-state index in [2.05, 4.69) is 10.3 Å². The number of hydrogen-bond acceptors (Lipinski definition) is 7. The highest BCUT2D eigenvalue weighted by molar-refractivity contribution is 7.52. The lowest BCUT2D eigenvalue weighted by atomic mass is 9.83. The van der Waals surface area contributed by atoms with E-state index in [9.17, 15) is 37.8 Å². The van der Waals surface area contributed by atoms with Crippen molar-refractivity contribution < 1.29 is 47.3 Å². The van der Waals surface area contributed by atoms with Gasteiger partial charge in [0.2, 0.25) is 0 Å². The Kier molecular flexibility index (Phi) is 10.3. The number of benzene rings is 5. The number of carboxylic acid groups (broad SMARTS) is 1. The predicted octanol–water partition coefficient (Wildman–Crippen LogP) is 7.54. The van der Waals surface area contributed by atoms with Crippen LogP contribution in [0.4, 0.5) is 8.78 Å². The van der Waals surface area contributed by atoms with Gasteiger partial charge in [0.25, 0.3) is 0 Å². The summed E-state index contributed by atoms with van der Waals surface area (Å²) in [6.07, 6.45) is -0.396. The van der Waals surface area contributed by atoms with Crippen molar-refractivity contribution in [1.29, 1.82) is 0 Å². The van der Waals surface area contributed by atoms with Crippen molar-refractivity contribution in [2.24, 2.45) is 0 Å². The van der Waals surface area contributed by atoms with Gasteiger partial charge in [-0.05, 0) is 65.9 Å². The molecule has 0 aliphatic rings. The van der Waals surface area contributed by atoms with Crippen LogP contribution in [0.25, 0.3) is 22.2 Å². The monoisotopic (exact) mass is 741 g/mol. The van der Waals surface area contributed by atoms with Crippen molar-refractivity contribution >= 4 is 30.6 Å². The summed E-state index contributed by atoms with van der Waals surface area (Å²) in [5.41, 5.74) is -3.01. The van der Waals surface area contributed by atoms with Crippen molar-refractivity contribution in [3.05, 3.63) is 149 Å². The Balaban J connectivity index is 1.35. The Labute approximate surface area is 302 Å². The number of aromatic nitrogens is 3. The van der Waals surface area contributed by atoms with Gasteiger partial charge in [-0.3, -0.25) is 4.57 Å². The van der Waals surface area contributed by atoms with Gasteiger partial charge in [-0.15, -0.1) is 5.10 Å². The molecule has 1 unspecified atom stereocenters. The molecule has 0 amide bonds. The van der Waals surface area contributed by atoms with Crippen LogP contribution in [-0.2, 0) is 38.3 Å². The number of para-hydroxylation sites is 1. The molecule has 0 aliphatic carbocycles. The zero-order valence-electron chi connectivity index (χ0n) is 28.5. The number of halogens is 2. The SMILES string of the molecule is CC(C)Oc1cc(-c2ccc(COC(=O)C(Cc3ccc(C(F)(F)P(=O)(O)O)cc3)(c3ccccc3)n3nnc4ccccc43)cc2)ccc1C(=O)O. The van der Waals surface area contributed by atoms with Gasteiger partial charge in [0.15, 0.2) is 5.54 Å². The smallest absolute Gasteiger partial charge is 0.399 e. The molecule has 1 aromatic heterocycles. The number of esters is 1. The summed E-state index contributed by atoms with van der Waals surface area (Å²) in [5.74, 6) is -1.59. The van der Waals surface area contributed by atoms with Crippen LogP contribution in [-0.4, -0.2) is 47.9 Å². The van der Waals surface area contributed by atoms with Crippen LogP contribution in [0.3, 0.4) is 0 Å². The lowest BCUT2D eigenvalue weighted by molar-refractivity contribution is -0.154. The van der Waals surface area contributed by atoms with E-state index in [0.29, 0.717) is 27.7 Å². The molecule has 1 atom stereocenters. The first-order valence-corrected chi connectivity index (χ1v) is 18.0. The Morgan fingerprint density at radius 2 is 1.43 bits per heavy atom. The fourth-order valence-electron chi connectivity index (χ4n) is 6.02. The molecule has 0 radical (unpaired) electrons. The molecule has 11 nitrogen and oxygen atoms in total. The van der Waals surface area contributed by atoms with Crippen molar-refractivity contribution in [2.45, 2.75) is 44.2 Å². The van der Waals surface area contributed by atoms with E-state index in [-0.39, 0.29) is 30.4 Å². The number of alkyl halides is 2. The molecule has 272 valence electrons. The van der Waals surface area contributed by atoms with Crippen LogP contribution in [0.1, 0.15) is 46.5 Å². The van der Waals surface area contributed by atoms with Crippen LogP contribution in [0.2, 0.25) is 0 Å². The Hall–Kier alpha value is -5.75. The third kappa shape index (κ3) is 7.45. The zero-order chi connectivity index (χ0) is 38.0. The highest BCUT2D eigenvalue weighted by Crippen LogP contribution is 2.59. The first kappa shape index (κ1) is 37.0. The average molecular weight is 742 g/mol. The highest BCUT2D eigenvalue weighted by atomic mass is 31.2. The van der Waals surface area contributed by atoms with Crippen molar-refractivity contribution in [3.63, 3.8) is 0 Å². The Morgan fingerprint density at radius 3 is 2.08 bits per heavy atom. The minimum atomic E-state index is -5.81. The quantitative estimate of drug-likeness (QED) is 0.0797. The van der Waals surface area contributed by atoms with E-state index < -0.39 is 36.3 Å². The van der Waals surface area contributed by atoms with Crippen molar-refractivity contribution in [1.82, 2.24) is 15.0 Å². The maximum atomic E-state index is 14.6. The molecule has 0 saturated heterocycles. The van der Waals surface area contributed by atoms with Crippen LogP contribution in [0, 0.1) is 0 Å². The average Bonchev–Trinajstić information content (AvgIpc) is 3.57. The summed E-state index contributed by atoms with van der Waals surface area (Å²) in [4.78, 5) is 44.9. The van der Waals surface area contributed by atoms with Gasteiger partial charge >= 0.3 is 25.2 Å². The third-order valence-electron chi connectivity index (χ3n) is 8.66. The van der Waals surface area contributed by atoms with Crippen LogP contribution >= 0.6 is 7.60 Å². The van der Waals surface area contributed by atoms with Gasteiger partial charge in [0, 0.05) is 12.0 Å². The maximum Gasteiger partial charge on any atom is 0.399 e. The fraction of sp³-hybridized carbons (Fsp3) is 0.179. The van der Waals surface area contributed by atoms with E-state index >= 15 is 0 Å². The number of nitrogens with zero attached hydrogens (tertiary/aromatic N) is 3. The summed E-state index contributed by atoms with van der Waals surface area (Å²) in [6.45, 7) is 3.45. The van der Waals surface area contributed by atoms with Crippen LogP contribution < -0.4 is 4.74 Å². The number of carboxylic acids is 1. The second-order valence-electron chi connectivity index (χ2n) is 12.6. The van der Waals surface area contributed by atoms with Gasteiger partial charge in [-0.2, -0.15) is 8.78 Å². The number of aromatic carboxylic acids is 1. The second-order valence-corrected chi connectivity index (χ2v) is 14.3. The molecule has 53 heavy (non-hydrogen) atoms. The highest BCUT2D eigenvalue weighted by Gasteiger charge is 2.51. The molecular weight excluding hydrogens is 707 g/mol. The standard InChI is InChI=1S/C39H34F2N3O8P/c1-25(2)52-35-22-29(18-21-32(35)36(45)46)28-16-12-27(13-17-28)24-51-37(47)38(30-8-4-3-5-9-30,44-34-11-7-6-10-33(34)42-43-44)23-26-14-19-31(20-15-26)39(40,41)53(48,49)50/h3-22,25H,23-24H2,1-2H3,(H,45,46)(H2,48,49,50). The van der Waals surface area contributed by atoms with Crippen LogP contribution in [0.15, 0.2) is 121 Å². The summed E-state index contributed by atoms with van der Waals surface area (Å²) < 4.78 is 53.8. The zero-order valence-corrected chi connectivity index (χ0v) is 29.4. The number of fused-ring (bicyclic) bond motifs is 1. The summed E-state index contributed by atoms with van der Waals surface area (Å²) >= 11 is 0. The van der Waals surface area contributed by atoms with E-state index in [4.69, 9.17) is 9.47 Å². The Bertz CT molecular complexity index is 2310. The second kappa shape index (κ2) is 14.7. The first-order valence-electron chi connectivity index (χ1n) is 16.4. The van der Waals surface area contributed by atoms with E-state index in [0.717, 1.165) is 23.3 Å². The van der Waals surface area contributed by atoms with Gasteiger partial charge in [-0.25, -0.2) is 14.3 Å². The Morgan fingerprint density at radius 1 is 0.811 bits per heavy atom. The van der Waals surface area contributed by atoms with Gasteiger partial charge < -0.3 is 24.4 Å². The molecular formula is C39H34F2N3O8P. The number of rotatable bonds is 13. The lowest BCUT2D eigenvalue weighted by Crippen LogP contribution is -2.47. The van der Waals surface area contributed by atoms with E-state index in [1.54, 1.807) is 92.7 Å². The largest absolute Gasteiger partial charge is 0.490 e. The summed E-state index contributed by atoms with van der Waals surface area (Å²) in [5, 5.41) is 18.3. The molecule has 1 heterocycles. The molecule has 6 rings (SSSR count). The number of carbonyl (C=O) groups is 2. The summed E-state index contributed by atoms with van der Waals surface area (Å²) in [7, 11) is -5.81. The first-order chi connectivity index (χ1) is 25.2. The van der Waals surface area contributed by atoms with E-state index in [1.165, 1.54) is 22.9 Å². The molecule has 6 aromatic rings. The minimum Gasteiger partial charge on any atom is -0.490 e. The summed E-state index contributed by atoms with van der Waals surface area (Å²) in [6, 6.07) is 32.1. The van der Waals surface area contributed by atoms with Crippen molar-refractivity contribution in [2.75, 3.05) is 0 Å². The maximum absolute atomic E-state index is 14.6. The van der Waals surface area contributed by atoms with Gasteiger partial charge in [0.05, 0.1) is 11.6 Å².